The van der Waals surface area contributed by atoms with E-state index in [1.54, 1.807) is 36.4 Å². The molecule has 130 valence electrons. The van der Waals surface area contributed by atoms with Crippen molar-refractivity contribution in [2.75, 3.05) is 0 Å². The van der Waals surface area contributed by atoms with Crippen LogP contribution in [-0.2, 0) is 0 Å². The molecular weight excluding hydrogens is 376 g/mol. The summed E-state index contributed by atoms with van der Waals surface area (Å²) in [4.78, 5) is 27.3. The molecule has 10 heteroatoms. The van der Waals surface area contributed by atoms with Crippen LogP contribution < -0.4 is 14.9 Å². The van der Waals surface area contributed by atoms with Gasteiger partial charge in [-0.3, -0.25) is 20.3 Å². The zero-order valence-corrected chi connectivity index (χ0v) is 14.6. The Hall–Kier alpha value is -3.11. The smallest absolute Gasteiger partial charge is 0.280 e. The van der Waals surface area contributed by atoms with E-state index in [0.717, 1.165) is 10.3 Å². The molecule has 0 bridgehead atoms. The second kappa shape index (κ2) is 6.32. The topological polar surface area (TPSA) is 118 Å². The number of nitrogens with one attached hydrogen (secondary N) is 2. The minimum absolute atomic E-state index is 0.0999. The second-order valence-corrected chi connectivity index (χ2v) is 7.50. The third kappa shape index (κ3) is 2.85. The van der Waals surface area contributed by atoms with Crippen molar-refractivity contribution in [2.24, 2.45) is 0 Å². The lowest BCUT2D eigenvalue weighted by atomic mass is 10.1. The predicted molar refractivity (Wildman–Crippen MR) is 95.2 cm³/mol. The zero-order chi connectivity index (χ0) is 18.3. The largest absolute Gasteiger partial charge is 0.466 e. The van der Waals surface area contributed by atoms with Gasteiger partial charge in [0.2, 0.25) is 4.80 Å². The van der Waals surface area contributed by atoms with Gasteiger partial charge < -0.3 is 10.1 Å². The molecule has 0 radical (unpaired) electrons. The summed E-state index contributed by atoms with van der Waals surface area (Å²) in [6, 6.07) is 11.4. The van der Waals surface area contributed by atoms with Crippen LogP contribution in [-0.4, -0.2) is 15.8 Å². The van der Waals surface area contributed by atoms with Crippen LogP contribution in [0.3, 0.4) is 0 Å². The molecule has 2 N–H and O–H groups in total. The molecular formula is C16H10N4O4S2. The van der Waals surface area contributed by atoms with E-state index in [1.165, 1.54) is 16.4 Å². The summed E-state index contributed by atoms with van der Waals surface area (Å²) < 4.78 is 5.78. The number of amides is 1. The maximum Gasteiger partial charge on any atom is 0.280 e. The summed E-state index contributed by atoms with van der Waals surface area (Å²) in [5, 5.41) is 22.1. The van der Waals surface area contributed by atoms with E-state index in [2.05, 4.69) is 10.3 Å². The van der Waals surface area contributed by atoms with Crippen LogP contribution in [0.2, 0.25) is 0 Å². The number of carbonyl (C=O) groups excluding carboxylic acids is 1. The van der Waals surface area contributed by atoms with E-state index in [1.807, 2.05) is 0 Å². The molecule has 1 aromatic heterocycles. The summed E-state index contributed by atoms with van der Waals surface area (Å²) in [5.74, 6) is 0.123. The van der Waals surface area contributed by atoms with Gasteiger partial charge in [0.05, 0.1) is 16.1 Å². The number of hydrogen-bond donors (Lipinski definition) is 2. The third-order valence-electron chi connectivity index (χ3n) is 3.79. The fraction of sp³-hybridized carbons (Fsp3) is 0.0625. The molecule has 0 spiro atoms. The minimum atomic E-state index is -0.823. The van der Waals surface area contributed by atoms with Crippen LogP contribution in [0.4, 0.5) is 5.69 Å². The molecule has 0 unspecified atom stereocenters. The Morgan fingerprint density at radius 3 is 2.73 bits per heavy atom. The van der Waals surface area contributed by atoms with Gasteiger partial charge in [-0.1, -0.05) is 28.5 Å². The first-order chi connectivity index (χ1) is 12.5. The highest BCUT2D eigenvalue weighted by molar-refractivity contribution is 7.69. The second-order valence-electron chi connectivity index (χ2n) is 5.39. The van der Waals surface area contributed by atoms with Crippen LogP contribution in [0.25, 0.3) is 10.6 Å². The Bertz CT molecular complexity index is 1090. The molecule has 8 nitrogen and oxygen atoms in total. The van der Waals surface area contributed by atoms with Gasteiger partial charge >= 0.3 is 0 Å². The number of para-hydroxylation sites is 1. The number of nitrogens with zero attached hydrogens (tertiary/aromatic N) is 2. The van der Waals surface area contributed by atoms with Crippen LogP contribution in [0.15, 0.2) is 42.5 Å². The van der Waals surface area contributed by atoms with Gasteiger partial charge in [0.25, 0.3) is 11.6 Å². The molecule has 2 heterocycles. The van der Waals surface area contributed by atoms with Gasteiger partial charge in [-0.05, 0) is 28.5 Å². The first-order valence-electron chi connectivity index (χ1n) is 7.40. The average molecular weight is 386 g/mol. The van der Waals surface area contributed by atoms with Gasteiger partial charge in [-0.25, -0.2) is 4.98 Å². The molecule has 0 fully saturated rings. The number of benzene rings is 2. The van der Waals surface area contributed by atoms with Crippen molar-refractivity contribution in [3.05, 3.63) is 68.5 Å². The SMILES string of the molecule is N=c1nc(-c2ccc([C@@H]3NC(=O)c4ccccc4O3)cc2[N+](=O)[O-])ss1. The molecule has 3 aromatic rings. The molecule has 2 aromatic carbocycles. The van der Waals surface area contributed by atoms with Crippen molar-refractivity contribution >= 4 is 32.3 Å². The minimum Gasteiger partial charge on any atom is -0.466 e. The number of aromatic nitrogens is 1. The van der Waals surface area contributed by atoms with E-state index in [4.69, 9.17) is 10.1 Å². The van der Waals surface area contributed by atoms with Gasteiger partial charge in [-0.2, -0.15) is 0 Å². The van der Waals surface area contributed by atoms with Crippen LogP contribution in [0, 0.1) is 15.5 Å². The van der Waals surface area contributed by atoms with Crippen molar-refractivity contribution in [2.45, 2.75) is 6.23 Å². The van der Waals surface area contributed by atoms with E-state index in [9.17, 15) is 14.9 Å². The highest BCUT2D eigenvalue weighted by atomic mass is 32.9. The van der Waals surface area contributed by atoms with E-state index < -0.39 is 11.2 Å². The van der Waals surface area contributed by atoms with E-state index >= 15 is 0 Å². The maximum atomic E-state index is 12.2. The van der Waals surface area contributed by atoms with Gasteiger partial charge in [0.15, 0.2) is 6.23 Å². The number of fused-ring (bicyclic) bond motifs is 1. The Morgan fingerprint density at radius 2 is 2.00 bits per heavy atom. The van der Waals surface area contributed by atoms with Crippen molar-refractivity contribution < 1.29 is 14.5 Å². The molecule has 26 heavy (non-hydrogen) atoms. The van der Waals surface area contributed by atoms with Crippen molar-refractivity contribution in [3.8, 4) is 16.3 Å². The van der Waals surface area contributed by atoms with Gasteiger partial charge in [-0.15, -0.1) is 0 Å². The lowest BCUT2D eigenvalue weighted by Gasteiger charge is -2.26. The van der Waals surface area contributed by atoms with Crippen LogP contribution >= 0.6 is 20.7 Å². The molecule has 0 saturated carbocycles. The monoisotopic (exact) mass is 386 g/mol. The molecule has 1 amide bonds. The fourth-order valence-corrected chi connectivity index (χ4v) is 4.32. The highest BCUT2D eigenvalue weighted by Crippen LogP contribution is 2.35. The van der Waals surface area contributed by atoms with Crippen LogP contribution in [0.5, 0.6) is 5.75 Å². The Morgan fingerprint density at radius 1 is 1.19 bits per heavy atom. The molecule has 1 atom stereocenters. The van der Waals surface area contributed by atoms with Crippen molar-refractivity contribution in [1.82, 2.24) is 10.3 Å². The van der Waals surface area contributed by atoms with Gasteiger partial charge in [0, 0.05) is 11.6 Å². The first kappa shape index (κ1) is 16.4. The zero-order valence-electron chi connectivity index (χ0n) is 13.0. The summed E-state index contributed by atoms with van der Waals surface area (Å²) in [6.45, 7) is 0. The normalized spacial score (nSPS) is 15.7. The van der Waals surface area contributed by atoms with Gasteiger partial charge in [0.1, 0.15) is 10.8 Å². The summed E-state index contributed by atoms with van der Waals surface area (Å²) in [5.41, 5.74) is 1.05. The predicted octanol–water partition coefficient (Wildman–Crippen LogP) is 3.08. The number of rotatable bonds is 3. The number of nitro benzene ring substituents is 1. The number of hydrogen-bond acceptors (Lipinski definition) is 8. The molecule has 4 rings (SSSR count). The lowest BCUT2D eigenvalue weighted by molar-refractivity contribution is -0.384. The van der Waals surface area contributed by atoms with E-state index in [-0.39, 0.29) is 16.4 Å². The lowest BCUT2D eigenvalue weighted by Crippen LogP contribution is -2.36. The molecule has 0 aliphatic carbocycles. The number of ether oxygens (including phenoxy) is 1. The average Bonchev–Trinajstić information content (AvgIpc) is 3.07. The first-order valence-corrected chi connectivity index (χ1v) is 9.55. The maximum absolute atomic E-state index is 12.2. The number of nitro groups is 1. The Kier molecular flexibility index (Phi) is 3.98. The Labute approximate surface area is 153 Å². The fourth-order valence-electron chi connectivity index (χ4n) is 2.62. The summed E-state index contributed by atoms with van der Waals surface area (Å²) >= 11 is 0. The summed E-state index contributed by atoms with van der Waals surface area (Å²) in [7, 11) is 2.34. The molecule has 0 saturated heterocycles. The standard InChI is InChI=1S/C16H10N4O4S2/c17-16-19-15(25-26-16)9-6-5-8(7-11(9)20(22)23)14-18-13(21)10-3-1-2-4-12(10)24-14/h1-7,14,17H,(H,18,21)/t14-/m1/s1. The number of carbonyl (C=O) groups is 1. The highest BCUT2D eigenvalue weighted by Gasteiger charge is 2.28. The van der Waals surface area contributed by atoms with Crippen LogP contribution in [0.1, 0.15) is 22.1 Å². The van der Waals surface area contributed by atoms with Crippen molar-refractivity contribution in [3.63, 3.8) is 0 Å². The van der Waals surface area contributed by atoms with Crippen molar-refractivity contribution in [1.29, 1.82) is 5.41 Å². The quantitative estimate of drug-likeness (QED) is 0.407. The summed E-state index contributed by atoms with van der Waals surface area (Å²) in [6.07, 6.45) is -0.823. The molecule has 1 aliphatic rings. The Balaban J connectivity index is 1.75. The molecule has 1 aliphatic heterocycles. The third-order valence-corrected chi connectivity index (χ3v) is 5.79. The van der Waals surface area contributed by atoms with E-state index in [0.29, 0.717) is 27.4 Å².